The minimum absolute atomic E-state index is 0.0813. The maximum absolute atomic E-state index is 14.2. The lowest BCUT2D eigenvalue weighted by Crippen LogP contribution is -2.66. The van der Waals surface area contributed by atoms with Crippen molar-refractivity contribution in [3.8, 4) is 0 Å². The van der Waals surface area contributed by atoms with Crippen LogP contribution in [0.1, 0.15) is 77.5 Å². The summed E-state index contributed by atoms with van der Waals surface area (Å²) in [6.45, 7) is 8.85. The van der Waals surface area contributed by atoms with Gasteiger partial charge >= 0.3 is 24.1 Å². The van der Waals surface area contributed by atoms with Crippen LogP contribution in [0.5, 0.6) is 0 Å². The number of carbonyl (C=O) groups is 5. The molecular weight excluding hydrogens is 1110 g/mol. The number of aryl methyl sites for hydroxylation is 1. The van der Waals surface area contributed by atoms with Gasteiger partial charge in [0.15, 0.2) is 12.6 Å². The summed E-state index contributed by atoms with van der Waals surface area (Å²) in [6.07, 6.45) is -12.9. The Balaban J connectivity index is 1.37. The van der Waals surface area contributed by atoms with Gasteiger partial charge in [-0.2, -0.15) is 0 Å². The molecule has 442 valence electrons. The molecule has 3 aromatic carbocycles. The molecule has 3 fully saturated rings. The van der Waals surface area contributed by atoms with Gasteiger partial charge in [0.25, 0.3) is 5.79 Å². The summed E-state index contributed by atoms with van der Waals surface area (Å²) in [6, 6.07) is 27.6. The molecule has 0 aliphatic carbocycles. The lowest BCUT2D eigenvalue weighted by Gasteiger charge is -2.50. The van der Waals surface area contributed by atoms with Crippen LogP contribution in [0.2, 0.25) is 0 Å². The molecule has 2 amide bonds. The number of nitrogens with two attached hydrogens (primary N) is 1. The zero-order chi connectivity index (χ0) is 58.1. The number of hydrogen-bond donors (Lipinski definition) is 3. The smallest absolute Gasteiger partial charge is 0.407 e. The fourth-order valence-electron chi connectivity index (χ4n) is 10.3. The number of alkyl carbamates (subject to hydrolysis) is 1. The highest BCUT2D eigenvalue weighted by Crippen LogP contribution is 2.43. The second-order valence-electron chi connectivity index (χ2n) is 20.3. The summed E-state index contributed by atoms with van der Waals surface area (Å²) >= 11 is 17.9. The number of primary amides is 1. The second kappa shape index (κ2) is 30.6. The SMILES string of the molecule is CC[C@@H](OC(C)=O)[C@@H](C)C1O[C@@](OCC2O[C@@H](O[C@@H]3C(OCc4ccccc4)[C@H](OCCCc4ccccc4)OC(COCc4ccccc4)[C@@H]3C)C(NC(=O)OCC(Cl)(Cl)Cl)[C@@H](O)[C@@H]2C)(C(=O)OC)C[C@@H](OC(N)=O)[C@H]1C(C)=O. The van der Waals surface area contributed by atoms with Gasteiger partial charge in [-0.25, -0.2) is 14.4 Å². The number of methoxy groups -OCH3 is 1. The number of carbonyl (C=O) groups excluding carboxylic acids is 5. The first kappa shape index (κ1) is 64.5. The third-order valence-corrected chi connectivity index (χ3v) is 14.9. The van der Waals surface area contributed by atoms with Gasteiger partial charge in [0.2, 0.25) is 3.79 Å². The molecule has 4 N–H and O–H groups in total. The fraction of sp³-hybridized carbons (Fsp3) is 0.596. The van der Waals surface area contributed by atoms with E-state index in [0.717, 1.165) is 23.8 Å². The summed E-state index contributed by atoms with van der Waals surface area (Å²) in [5.74, 6) is -8.17. The van der Waals surface area contributed by atoms with E-state index in [4.69, 9.17) is 97.4 Å². The Morgan fingerprint density at radius 1 is 0.825 bits per heavy atom. The van der Waals surface area contributed by atoms with Crippen LogP contribution in [0.25, 0.3) is 0 Å². The normalized spacial score (nSPS) is 29.6. The van der Waals surface area contributed by atoms with Crippen molar-refractivity contribution >= 4 is 64.7 Å². The number of hydrogen-bond acceptors (Lipinski definition) is 18. The summed E-state index contributed by atoms with van der Waals surface area (Å²) in [5, 5.41) is 15.0. The minimum atomic E-state index is -2.43. The Labute approximate surface area is 482 Å². The number of nitrogens with one attached hydrogen (secondary N) is 1. The molecule has 20 nitrogen and oxygen atoms in total. The van der Waals surface area contributed by atoms with Gasteiger partial charge in [0.05, 0.1) is 83.0 Å². The number of amides is 2. The molecule has 80 heavy (non-hydrogen) atoms. The lowest BCUT2D eigenvalue weighted by atomic mass is 9.77. The molecule has 3 heterocycles. The van der Waals surface area contributed by atoms with E-state index in [1.807, 2.05) is 97.9 Å². The third kappa shape index (κ3) is 18.2. The van der Waals surface area contributed by atoms with Crippen molar-refractivity contribution in [3.63, 3.8) is 0 Å². The quantitative estimate of drug-likeness (QED) is 0.0301. The van der Waals surface area contributed by atoms with Crippen LogP contribution in [-0.2, 0) is 90.9 Å². The molecule has 3 aromatic rings. The predicted molar refractivity (Wildman–Crippen MR) is 291 cm³/mol. The summed E-state index contributed by atoms with van der Waals surface area (Å²) in [7, 11) is 1.08. The van der Waals surface area contributed by atoms with Crippen LogP contribution in [0.4, 0.5) is 9.59 Å². The van der Waals surface area contributed by atoms with E-state index in [-0.39, 0.29) is 32.8 Å². The van der Waals surface area contributed by atoms with Crippen LogP contribution in [-0.4, -0.2) is 146 Å². The third-order valence-electron chi connectivity index (χ3n) is 14.5. The van der Waals surface area contributed by atoms with Crippen LogP contribution in [0, 0.1) is 23.7 Å². The van der Waals surface area contributed by atoms with Crippen LogP contribution in [0.3, 0.4) is 0 Å². The number of benzene rings is 3. The first-order valence-corrected chi connectivity index (χ1v) is 27.9. The zero-order valence-electron chi connectivity index (χ0n) is 46.0. The van der Waals surface area contributed by atoms with Crippen molar-refractivity contribution in [3.05, 3.63) is 108 Å². The number of esters is 2. The van der Waals surface area contributed by atoms with Crippen LogP contribution < -0.4 is 11.1 Å². The number of rotatable bonds is 26. The fourth-order valence-corrected chi connectivity index (χ4v) is 10.5. The van der Waals surface area contributed by atoms with Gasteiger partial charge < -0.3 is 73.0 Å². The highest BCUT2D eigenvalue weighted by Gasteiger charge is 2.59. The van der Waals surface area contributed by atoms with E-state index >= 15 is 0 Å². The van der Waals surface area contributed by atoms with E-state index in [9.17, 15) is 29.1 Å². The molecule has 3 saturated heterocycles. The molecule has 0 spiro atoms. The molecule has 0 aromatic heterocycles. The van der Waals surface area contributed by atoms with Crippen molar-refractivity contribution in [2.45, 2.75) is 157 Å². The first-order chi connectivity index (χ1) is 38.1. The Hall–Kier alpha value is -4.68. The average molecular weight is 1180 g/mol. The molecule has 16 atom stereocenters. The van der Waals surface area contributed by atoms with E-state index in [0.29, 0.717) is 12.8 Å². The van der Waals surface area contributed by atoms with Crippen molar-refractivity contribution in [2.24, 2.45) is 29.4 Å². The molecule has 23 heteroatoms. The Kier molecular flexibility index (Phi) is 24.6. The van der Waals surface area contributed by atoms with E-state index in [1.54, 1.807) is 20.8 Å². The van der Waals surface area contributed by atoms with Crippen molar-refractivity contribution in [2.75, 3.05) is 33.5 Å². The monoisotopic (exact) mass is 1180 g/mol. The molecule has 5 unspecified atom stereocenters. The highest BCUT2D eigenvalue weighted by molar-refractivity contribution is 6.67. The van der Waals surface area contributed by atoms with Gasteiger partial charge in [-0.3, -0.25) is 9.59 Å². The summed E-state index contributed by atoms with van der Waals surface area (Å²) in [4.78, 5) is 66.0. The van der Waals surface area contributed by atoms with Gasteiger partial charge in [0.1, 0.15) is 36.7 Å². The number of alkyl halides is 3. The molecule has 6 rings (SSSR count). The average Bonchev–Trinajstić information content (AvgIpc) is 3.44. The van der Waals surface area contributed by atoms with Gasteiger partial charge in [-0.05, 0) is 42.9 Å². The number of ketones is 1. The number of Topliss-reactive ketones (excluding diaryl/α,β-unsaturated/α-hetero) is 1. The topological polar surface area (TPSA) is 254 Å². The number of ether oxygens (including phenoxy) is 12. The molecular formula is C57H75Cl3N2O18. The molecule has 3 aliphatic heterocycles. The summed E-state index contributed by atoms with van der Waals surface area (Å²) in [5.41, 5.74) is 8.44. The van der Waals surface area contributed by atoms with Gasteiger partial charge in [0, 0.05) is 24.7 Å². The van der Waals surface area contributed by atoms with Crippen molar-refractivity contribution in [1.29, 1.82) is 0 Å². The number of halogens is 3. The van der Waals surface area contributed by atoms with E-state index in [2.05, 4.69) is 5.32 Å². The lowest BCUT2D eigenvalue weighted by molar-refractivity contribution is -0.352. The maximum Gasteiger partial charge on any atom is 0.407 e. The zero-order valence-corrected chi connectivity index (χ0v) is 48.3. The van der Waals surface area contributed by atoms with Crippen LogP contribution >= 0.6 is 34.8 Å². The summed E-state index contributed by atoms with van der Waals surface area (Å²) < 4.78 is 72.9. The van der Waals surface area contributed by atoms with Crippen molar-refractivity contribution < 1.29 is 85.9 Å². The van der Waals surface area contributed by atoms with E-state index in [1.165, 1.54) is 13.8 Å². The minimum Gasteiger partial charge on any atom is -0.465 e. The molecule has 3 aliphatic rings. The molecule has 0 saturated carbocycles. The van der Waals surface area contributed by atoms with Gasteiger partial charge in [-0.1, -0.05) is 153 Å². The highest BCUT2D eigenvalue weighted by atomic mass is 35.6. The molecule has 0 bridgehead atoms. The Bertz CT molecular complexity index is 2430. The Morgan fingerprint density at radius 3 is 2.00 bits per heavy atom. The first-order valence-electron chi connectivity index (χ1n) is 26.7. The number of aliphatic hydroxyl groups excluding tert-OH is 1. The van der Waals surface area contributed by atoms with Crippen LogP contribution in [0.15, 0.2) is 91.0 Å². The predicted octanol–water partition coefficient (Wildman–Crippen LogP) is 7.69. The maximum atomic E-state index is 14.2. The Morgan fingerprint density at radius 2 is 1.43 bits per heavy atom. The largest absolute Gasteiger partial charge is 0.465 e. The second-order valence-corrected chi connectivity index (χ2v) is 22.9. The standard InChI is InChI=1S/C57H75Cl3N2O18/c1-8-41(75-37(6)64)34(3)48-45(36(5)63)42(78-54(61)67)27-56(80-48,53(66)69-7)74-31-44-33(2)47(65)46(62-55(68)73-32-57(58,59)60)51(76-44)79-49-35(4)43(30-70-28-39-21-14-10-15-22-39)77-52(50(49)72-29-40-23-16-11-17-24-40)71-26-18-25-38-19-12-9-13-20-38/h9-17,19-24,33-35,41-52,65H,8,18,25-32H2,1-7H3,(H2,61,67)(H,62,68)/t33-,34-,35+,41-,42-,43?,44?,45-,46?,47+,48?,49+,50?,51+,52-,56-/m1/s1. The number of aliphatic hydroxyl groups is 1. The van der Waals surface area contributed by atoms with Gasteiger partial charge in [-0.15, -0.1) is 0 Å². The van der Waals surface area contributed by atoms with E-state index < -0.39 is 150 Å². The molecule has 0 radical (unpaired) electrons. The van der Waals surface area contributed by atoms with Crippen molar-refractivity contribution in [1.82, 2.24) is 5.32 Å².